The number of nitrogens with zero attached hydrogens (tertiary/aromatic N) is 1. The minimum atomic E-state index is -0.762. The molecule has 0 aliphatic carbocycles. The number of carbonyl (C=O) groups is 2. The zero-order chi connectivity index (χ0) is 14.0. The van der Waals surface area contributed by atoms with Crippen molar-refractivity contribution in [1.29, 1.82) is 0 Å². The number of hydrogen-bond acceptors (Lipinski definition) is 2. The molecule has 4 nitrogen and oxygen atoms in total. The molecule has 1 aromatic carbocycles. The van der Waals surface area contributed by atoms with Crippen LogP contribution in [-0.2, 0) is 4.79 Å². The van der Waals surface area contributed by atoms with E-state index in [0.29, 0.717) is 25.1 Å². The van der Waals surface area contributed by atoms with Gasteiger partial charge in [-0.15, -0.1) is 0 Å². The van der Waals surface area contributed by atoms with Crippen molar-refractivity contribution in [2.24, 2.45) is 11.8 Å². The van der Waals surface area contributed by atoms with E-state index >= 15 is 0 Å². The Labute approximate surface area is 120 Å². The number of amides is 1. The third kappa shape index (κ3) is 3.15. The van der Waals surface area contributed by atoms with Gasteiger partial charge < -0.3 is 10.0 Å². The third-order valence-electron chi connectivity index (χ3n) is 3.58. The molecule has 1 N–H and O–H groups in total. The van der Waals surface area contributed by atoms with E-state index in [1.54, 1.807) is 17.0 Å². The molecule has 0 radical (unpaired) electrons. The first-order valence-corrected chi connectivity index (χ1v) is 7.06. The fourth-order valence-corrected chi connectivity index (χ4v) is 2.90. The summed E-state index contributed by atoms with van der Waals surface area (Å²) in [5.74, 6) is -1.15. The van der Waals surface area contributed by atoms with Crippen LogP contribution in [0.25, 0.3) is 0 Å². The Kier molecular flexibility index (Phi) is 4.24. The lowest BCUT2D eigenvalue weighted by Gasteiger charge is -2.35. The van der Waals surface area contributed by atoms with E-state index in [2.05, 4.69) is 15.9 Å². The van der Waals surface area contributed by atoms with Crippen molar-refractivity contribution in [1.82, 2.24) is 4.90 Å². The predicted molar refractivity (Wildman–Crippen MR) is 75.0 cm³/mol. The molecule has 1 aliphatic heterocycles. The second-order valence-corrected chi connectivity index (χ2v) is 5.89. The van der Waals surface area contributed by atoms with E-state index in [1.165, 1.54) is 0 Å². The van der Waals surface area contributed by atoms with Crippen LogP contribution in [0, 0.1) is 11.8 Å². The van der Waals surface area contributed by atoms with Gasteiger partial charge in [0.1, 0.15) is 0 Å². The molecule has 1 saturated heterocycles. The zero-order valence-corrected chi connectivity index (χ0v) is 12.3. The normalized spacial score (nSPS) is 23.2. The van der Waals surface area contributed by atoms with Crippen LogP contribution < -0.4 is 0 Å². The Morgan fingerprint density at radius 2 is 2.16 bits per heavy atom. The van der Waals surface area contributed by atoms with Gasteiger partial charge in [-0.05, 0) is 30.5 Å². The van der Waals surface area contributed by atoms with Gasteiger partial charge in [-0.2, -0.15) is 0 Å². The van der Waals surface area contributed by atoms with Crippen LogP contribution in [0.3, 0.4) is 0 Å². The fraction of sp³-hybridized carbons (Fsp3) is 0.429. The highest BCUT2D eigenvalue weighted by Crippen LogP contribution is 2.25. The number of aliphatic carboxylic acids is 1. The van der Waals surface area contributed by atoms with Gasteiger partial charge in [0.2, 0.25) is 0 Å². The standard InChI is InChI=1S/C14H16BrNO3/c1-9-8-16(6-5-12(9)14(18)19)13(17)10-3-2-4-11(15)7-10/h2-4,7,9,12H,5-6,8H2,1H3,(H,18,19). The summed E-state index contributed by atoms with van der Waals surface area (Å²) in [4.78, 5) is 25.1. The van der Waals surface area contributed by atoms with Gasteiger partial charge in [-0.1, -0.05) is 28.9 Å². The number of rotatable bonds is 2. The smallest absolute Gasteiger partial charge is 0.306 e. The number of carboxylic acid groups (broad SMARTS) is 1. The Bertz CT molecular complexity index is 503. The summed E-state index contributed by atoms with van der Waals surface area (Å²) in [7, 11) is 0. The van der Waals surface area contributed by atoms with Crippen molar-refractivity contribution in [3.63, 3.8) is 0 Å². The molecule has 5 heteroatoms. The van der Waals surface area contributed by atoms with E-state index in [9.17, 15) is 9.59 Å². The molecule has 2 unspecified atom stereocenters. The molecule has 102 valence electrons. The summed E-state index contributed by atoms with van der Waals surface area (Å²) in [6.45, 7) is 2.90. The average Bonchev–Trinajstić information content (AvgIpc) is 2.37. The molecule has 0 spiro atoms. The molecule has 1 aromatic rings. The maximum Gasteiger partial charge on any atom is 0.306 e. The third-order valence-corrected chi connectivity index (χ3v) is 4.07. The maximum atomic E-state index is 12.3. The number of halogens is 1. The van der Waals surface area contributed by atoms with Crippen molar-refractivity contribution in [3.8, 4) is 0 Å². The van der Waals surface area contributed by atoms with Crippen LogP contribution in [0.4, 0.5) is 0 Å². The van der Waals surface area contributed by atoms with Gasteiger partial charge in [0.15, 0.2) is 0 Å². The summed E-state index contributed by atoms with van der Waals surface area (Å²) in [6, 6.07) is 7.26. The maximum absolute atomic E-state index is 12.3. The first-order valence-electron chi connectivity index (χ1n) is 6.26. The number of piperidine rings is 1. The molecule has 2 rings (SSSR count). The minimum absolute atomic E-state index is 0.0117. The monoisotopic (exact) mass is 325 g/mol. The van der Waals surface area contributed by atoms with E-state index < -0.39 is 5.97 Å². The van der Waals surface area contributed by atoms with Gasteiger partial charge in [0.05, 0.1) is 5.92 Å². The molecule has 0 bridgehead atoms. The first-order chi connectivity index (χ1) is 8.99. The topological polar surface area (TPSA) is 57.6 Å². The lowest BCUT2D eigenvalue weighted by Crippen LogP contribution is -2.45. The van der Waals surface area contributed by atoms with Gasteiger partial charge in [-0.25, -0.2) is 0 Å². The molecule has 0 saturated carbocycles. The molecule has 1 fully saturated rings. The summed E-state index contributed by atoms with van der Waals surface area (Å²) >= 11 is 3.35. The van der Waals surface area contributed by atoms with E-state index in [4.69, 9.17) is 5.11 Å². The summed E-state index contributed by atoms with van der Waals surface area (Å²) < 4.78 is 0.867. The number of carboxylic acids is 1. The van der Waals surface area contributed by atoms with Gasteiger partial charge in [0.25, 0.3) is 5.91 Å². The van der Waals surface area contributed by atoms with Crippen molar-refractivity contribution in [2.75, 3.05) is 13.1 Å². The molecule has 1 amide bonds. The van der Waals surface area contributed by atoms with E-state index in [-0.39, 0.29) is 17.7 Å². The first kappa shape index (κ1) is 14.1. The van der Waals surface area contributed by atoms with Crippen LogP contribution in [0.1, 0.15) is 23.7 Å². The highest BCUT2D eigenvalue weighted by Gasteiger charge is 2.33. The molecule has 19 heavy (non-hydrogen) atoms. The quantitative estimate of drug-likeness (QED) is 0.909. The molecular formula is C14H16BrNO3. The Balaban J connectivity index is 2.08. The van der Waals surface area contributed by atoms with Crippen molar-refractivity contribution in [3.05, 3.63) is 34.3 Å². The lowest BCUT2D eigenvalue weighted by molar-refractivity contribution is -0.145. The van der Waals surface area contributed by atoms with Gasteiger partial charge in [0, 0.05) is 23.1 Å². The lowest BCUT2D eigenvalue weighted by atomic mass is 9.87. The summed E-state index contributed by atoms with van der Waals surface area (Å²) in [6.07, 6.45) is 0.524. The number of carbonyl (C=O) groups excluding carboxylic acids is 1. The summed E-state index contributed by atoms with van der Waals surface area (Å²) in [5, 5.41) is 9.08. The minimum Gasteiger partial charge on any atom is -0.481 e. The van der Waals surface area contributed by atoms with E-state index in [1.807, 2.05) is 19.1 Å². The molecule has 1 aliphatic rings. The zero-order valence-electron chi connectivity index (χ0n) is 10.7. The van der Waals surface area contributed by atoms with Crippen LogP contribution in [0.15, 0.2) is 28.7 Å². The number of likely N-dealkylation sites (tertiary alicyclic amines) is 1. The molecule has 0 aromatic heterocycles. The largest absolute Gasteiger partial charge is 0.481 e. The van der Waals surface area contributed by atoms with Crippen molar-refractivity contribution >= 4 is 27.8 Å². The molecular weight excluding hydrogens is 310 g/mol. The second kappa shape index (κ2) is 5.74. The summed E-state index contributed by atoms with van der Waals surface area (Å²) in [5.41, 5.74) is 0.635. The van der Waals surface area contributed by atoms with Crippen molar-refractivity contribution in [2.45, 2.75) is 13.3 Å². The Morgan fingerprint density at radius 3 is 2.74 bits per heavy atom. The highest BCUT2D eigenvalue weighted by atomic mass is 79.9. The van der Waals surface area contributed by atoms with Gasteiger partial charge >= 0.3 is 5.97 Å². The van der Waals surface area contributed by atoms with Crippen molar-refractivity contribution < 1.29 is 14.7 Å². The second-order valence-electron chi connectivity index (χ2n) is 4.97. The Morgan fingerprint density at radius 1 is 1.42 bits per heavy atom. The Hall–Kier alpha value is -1.36. The predicted octanol–water partition coefficient (Wildman–Crippen LogP) is 2.63. The van der Waals surface area contributed by atoms with Crippen LogP contribution in [0.2, 0.25) is 0 Å². The van der Waals surface area contributed by atoms with Gasteiger partial charge in [-0.3, -0.25) is 9.59 Å². The van der Waals surface area contributed by atoms with Crippen LogP contribution in [-0.4, -0.2) is 35.0 Å². The molecule has 2 atom stereocenters. The highest BCUT2D eigenvalue weighted by molar-refractivity contribution is 9.10. The molecule has 1 heterocycles. The fourth-order valence-electron chi connectivity index (χ4n) is 2.50. The number of benzene rings is 1. The van der Waals surface area contributed by atoms with Crippen LogP contribution in [0.5, 0.6) is 0 Å². The SMILES string of the molecule is CC1CN(C(=O)c2cccc(Br)c2)CCC1C(=O)O. The van der Waals surface area contributed by atoms with E-state index in [0.717, 1.165) is 4.47 Å². The average molecular weight is 326 g/mol. The number of hydrogen-bond donors (Lipinski definition) is 1. The van der Waals surface area contributed by atoms with Crippen LogP contribution >= 0.6 is 15.9 Å².